The Morgan fingerprint density at radius 2 is 2.00 bits per heavy atom. The SMILES string of the molecule is O=c1c2sccc2nc(SCc2cccc(Cl)c2)n1Cc1ccc2c(c1)OCO2. The highest BCUT2D eigenvalue weighted by atomic mass is 35.5. The van der Waals surface area contributed by atoms with Crippen LogP contribution in [0, 0.1) is 0 Å². The van der Waals surface area contributed by atoms with Gasteiger partial charge in [0.25, 0.3) is 5.56 Å². The van der Waals surface area contributed by atoms with Crippen LogP contribution in [0.3, 0.4) is 0 Å². The smallest absolute Gasteiger partial charge is 0.272 e. The maximum atomic E-state index is 13.2. The van der Waals surface area contributed by atoms with Gasteiger partial charge in [-0.15, -0.1) is 11.3 Å². The highest BCUT2D eigenvalue weighted by molar-refractivity contribution is 7.98. The van der Waals surface area contributed by atoms with Gasteiger partial charge in [-0.1, -0.05) is 41.6 Å². The van der Waals surface area contributed by atoms with Crippen molar-refractivity contribution in [2.45, 2.75) is 17.5 Å². The molecule has 0 bridgehead atoms. The van der Waals surface area contributed by atoms with E-state index in [9.17, 15) is 4.79 Å². The van der Waals surface area contributed by atoms with E-state index in [0.29, 0.717) is 32.9 Å². The highest BCUT2D eigenvalue weighted by Gasteiger charge is 2.17. The summed E-state index contributed by atoms with van der Waals surface area (Å²) in [6.07, 6.45) is 0. The fourth-order valence-corrected chi connectivity index (χ4v) is 5.10. The van der Waals surface area contributed by atoms with Crippen LogP contribution in [0.25, 0.3) is 10.2 Å². The minimum absolute atomic E-state index is 0.0312. The number of ether oxygens (including phenoxy) is 2. The zero-order valence-electron chi connectivity index (χ0n) is 15.1. The molecule has 5 nitrogen and oxygen atoms in total. The summed E-state index contributed by atoms with van der Waals surface area (Å²) < 4.78 is 13.2. The number of halogens is 1. The summed E-state index contributed by atoms with van der Waals surface area (Å²) in [6.45, 7) is 0.635. The molecule has 0 saturated carbocycles. The topological polar surface area (TPSA) is 53.4 Å². The van der Waals surface area contributed by atoms with Crippen LogP contribution in [0.2, 0.25) is 5.02 Å². The Morgan fingerprint density at radius 1 is 1.10 bits per heavy atom. The molecular weight excluding hydrogens is 428 g/mol. The lowest BCUT2D eigenvalue weighted by Gasteiger charge is -2.12. The van der Waals surface area contributed by atoms with Gasteiger partial charge in [0.05, 0.1) is 12.1 Å². The molecule has 0 atom stereocenters. The summed E-state index contributed by atoms with van der Waals surface area (Å²) >= 11 is 9.04. The summed E-state index contributed by atoms with van der Waals surface area (Å²) in [5.74, 6) is 2.10. The fourth-order valence-electron chi connectivity index (χ4n) is 3.17. The second-order valence-electron chi connectivity index (χ2n) is 6.53. The van der Waals surface area contributed by atoms with Crippen molar-refractivity contribution in [1.82, 2.24) is 9.55 Å². The van der Waals surface area contributed by atoms with Crippen LogP contribution in [0.1, 0.15) is 11.1 Å². The summed E-state index contributed by atoms with van der Waals surface area (Å²) in [5.41, 5.74) is 2.74. The standard InChI is InChI=1S/C21H15ClN2O3S2/c22-15-3-1-2-14(8-15)11-29-21-23-16-6-7-28-19(16)20(25)24(21)10-13-4-5-17-18(9-13)27-12-26-17/h1-9H,10-12H2. The second-order valence-corrected chi connectivity index (χ2v) is 8.82. The van der Waals surface area contributed by atoms with Crippen LogP contribution < -0.4 is 15.0 Å². The van der Waals surface area contributed by atoms with E-state index in [2.05, 4.69) is 0 Å². The lowest BCUT2D eigenvalue weighted by Crippen LogP contribution is -2.23. The van der Waals surface area contributed by atoms with Gasteiger partial charge in [0.2, 0.25) is 6.79 Å². The Bertz CT molecular complexity index is 1270. The second kappa shape index (κ2) is 7.74. The zero-order chi connectivity index (χ0) is 19.8. The lowest BCUT2D eigenvalue weighted by molar-refractivity contribution is 0.174. The fraction of sp³-hybridized carbons (Fsp3) is 0.143. The maximum Gasteiger partial charge on any atom is 0.272 e. The molecule has 8 heteroatoms. The number of thiophene rings is 1. The molecule has 0 saturated heterocycles. The maximum absolute atomic E-state index is 13.2. The minimum atomic E-state index is -0.0312. The molecule has 0 amide bonds. The van der Waals surface area contributed by atoms with Crippen molar-refractivity contribution in [3.05, 3.63) is 80.4 Å². The average Bonchev–Trinajstić information content (AvgIpc) is 3.37. The van der Waals surface area contributed by atoms with Crippen LogP contribution in [0.15, 0.2) is 63.9 Å². The van der Waals surface area contributed by atoms with Crippen molar-refractivity contribution in [1.29, 1.82) is 0 Å². The van der Waals surface area contributed by atoms with Gasteiger partial charge in [-0.05, 0) is 46.8 Å². The molecule has 2 aromatic carbocycles. The highest BCUT2D eigenvalue weighted by Crippen LogP contribution is 2.33. The summed E-state index contributed by atoms with van der Waals surface area (Å²) in [6, 6.07) is 15.3. The number of thioether (sulfide) groups is 1. The van der Waals surface area contributed by atoms with Gasteiger partial charge in [-0.2, -0.15) is 0 Å². The first-order chi connectivity index (χ1) is 14.2. The molecule has 1 aliphatic rings. The van der Waals surface area contributed by atoms with E-state index in [1.807, 2.05) is 53.9 Å². The Morgan fingerprint density at radius 3 is 2.90 bits per heavy atom. The van der Waals surface area contributed by atoms with E-state index in [-0.39, 0.29) is 12.4 Å². The molecule has 4 aromatic rings. The van der Waals surface area contributed by atoms with Crippen molar-refractivity contribution in [3.63, 3.8) is 0 Å². The summed E-state index contributed by atoms with van der Waals surface area (Å²) in [5, 5.41) is 3.27. The first kappa shape index (κ1) is 18.5. The first-order valence-corrected chi connectivity index (χ1v) is 11.2. The molecule has 3 heterocycles. The van der Waals surface area contributed by atoms with Crippen LogP contribution in [-0.2, 0) is 12.3 Å². The van der Waals surface area contributed by atoms with Crippen molar-refractivity contribution in [3.8, 4) is 11.5 Å². The molecule has 0 aliphatic carbocycles. The lowest BCUT2D eigenvalue weighted by atomic mass is 10.2. The molecule has 5 rings (SSSR count). The molecule has 146 valence electrons. The molecule has 0 spiro atoms. The predicted octanol–water partition coefficient (Wildman–Crippen LogP) is 5.18. The van der Waals surface area contributed by atoms with Gasteiger partial charge in [0.15, 0.2) is 16.7 Å². The van der Waals surface area contributed by atoms with Crippen molar-refractivity contribution >= 4 is 44.9 Å². The number of hydrogen-bond donors (Lipinski definition) is 0. The van der Waals surface area contributed by atoms with Crippen molar-refractivity contribution in [2.75, 3.05) is 6.79 Å². The largest absolute Gasteiger partial charge is 0.454 e. The molecule has 1 aliphatic heterocycles. The quantitative estimate of drug-likeness (QED) is 0.315. The third-order valence-corrected chi connectivity index (χ3v) is 6.74. The van der Waals surface area contributed by atoms with Crippen molar-refractivity contribution in [2.24, 2.45) is 0 Å². The Kier molecular flexibility index (Phi) is 4.95. The number of rotatable bonds is 5. The zero-order valence-corrected chi connectivity index (χ0v) is 17.5. The molecule has 2 aromatic heterocycles. The molecule has 29 heavy (non-hydrogen) atoms. The summed E-state index contributed by atoms with van der Waals surface area (Å²) in [7, 11) is 0. The molecule has 0 radical (unpaired) electrons. The van der Waals surface area contributed by atoms with E-state index in [4.69, 9.17) is 26.1 Å². The van der Waals surface area contributed by atoms with E-state index in [0.717, 1.165) is 22.4 Å². The van der Waals surface area contributed by atoms with E-state index < -0.39 is 0 Å². The van der Waals surface area contributed by atoms with Crippen LogP contribution >= 0.6 is 34.7 Å². The van der Waals surface area contributed by atoms with E-state index in [1.165, 1.54) is 23.1 Å². The normalized spacial score (nSPS) is 12.6. The average molecular weight is 443 g/mol. The first-order valence-electron chi connectivity index (χ1n) is 8.91. The number of aromatic nitrogens is 2. The Hall–Kier alpha value is -2.48. The van der Waals surface area contributed by atoms with E-state index in [1.54, 1.807) is 4.57 Å². The number of hydrogen-bond acceptors (Lipinski definition) is 6. The number of benzene rings is 2. The Balaban J connectivity index is 1.51. The monoisotopic (exact) mass is 442 g/mol. The van der Waals surface area contributed by atoms with Crippen molar-refractivity contribution < 1.29 is 9.47 Å². The third-order valence-electron chi connectivity index (χ3n) is 4.57. The molecular formula is C21H15ClN2O3S2. The van der Waals surface area contributed by atoms with E-state index >= 15 is 0 Å². The predicted molar refractivity (Wildman–Crippen MR) is 117 cm³/mol. The van der Waals surface area contributed by atoms with Crippen LogP contribution in [0.4, 0.5) is 0 Å². The third kappa shape index (κ3) is 3.73. The van der Waals surface area contributed by atoms with Crippen LogP contribution in [-0.4, -0.2) is 16.3 Å². The summed E-state index contributed by atoms with van der Waals surface area (Å²) in [4.78, 5) is 17.9. The van der Waals surface area contributed by atoms with Gasteiger partial charge in [0, 0.05) is 10.8 Å². The number of fused-ring (bicyclic) bond motifs is 2. The van der Waals surface area contributed by atoms with Gasteiger partial charge in [-0.3, -0.25) is 9.36 Å². The van der Waals surface area contributed by atoms with Gasteiger partial charge in [-0.25, -0.2) is 4.98 Å². The van der Waals surface area contributed by atoms with Gasteiger partial charge < -0.3 is 9.47 Å². The number of nitrogens with zero attached hydrogens (tertiary/aromatic N) is 2. The molecule has 0 unspecified atom stereocenters. The van der Waals surface area contributed by atoms with Crippen LogP contribution in [0.5, 0.6) is 11.5 Å². The van der Waals surface area contributed by atoms with Gasteiger partial charge in [0.1, 0.15) is 4.70 Å². The Labute approximate surface area is 179 Å². The minimum Gasteiger partial charge on any atom is -0.454 e. The molecule has 0 N–H and O–H groups in total. The molecule has 0 fully saturated rings. The van der Waals surface area contributed by atoms with Gasteiger partial charge >= 0.3 is 0 Å².